The van der Waals surface area contributed by atoms with Crippen LogP contribution in [0.5, 0.6) is 0 Å². The molecule has 11 aromatic rings. The minimum absolute atomic E-state index is 0.505. The smallest absolute Gasteiger partial charge is 0.238 e. The molecule has 0 aliphatic heterocycles. The molecule has 0 bridgehead atoms. The van der Waals surface area contributed by atoms with E-state index in [2.05, 4.69) is 187 Å². The third-order valence-corrected chi connectivity index (χ3v) is 14.1. The van der Waals surface area contributed by atoms with Crippen molar-refractivity contribution < 1.29 is 0 Å². The van der Waals surface area contributed by atoms with Gasteiger partial charge in [-0.1, -0.05) is 200 Å². The molecule has 0 atom stereocenters. The molecule has 0 saturated carbocycles. The molecule has 4 nitrogen and oxygen atoms in total. The summed E-state index contributed by atoms with van der Waals surface area (Å²) in [4.78, 5) is 15.7. The average Bonchev–Trinajstić information content (AvgIpc) is 3.95. The summed E-state index contributed by atoms with van der Waals surface area (Å²) in [7, 11) is 0. The fourth-order valence-electron chi connectivity index (χ4n) is 11.8. The second-order valence-electron chi connectivity index (χ2n) is 17.0. The highest BCUT2D eigenvalue weighted by molar-refractivity contribution is 6.12. The van der Waals surface area contributed by atoms with Crippen LogP contribution < -0.4 is 0 Å². The van der Waals surface area contributed by atoms with Gasteiger partial charge in [0.25, 0.3) is 0 Å². The van der Waals surface area contributed by atoms with E-state index in [4.69, 9.17) is 15.0 Å². The van der Waals surface area contributed by atoms with Gasteiger partial charge in [0, 0.05) is 21.9 Å². The van der Waals surface area contributed by atoms with Gasteiger partial charge in [-0.3, -0.25) is 4.57 Å². The Labute approximate surface area is 364 Å². The number of para-hydroxylation sites is 1. The molecule has 14 rings (SSSR count). The average molecular weight is 801 g/mol. The van der Waals surface area contributed by atoms with Crippen molar-refractivity contribution in [3.8, 4) is 51.0 Å². The number of rotatable bonds is 3. The number of aromatic nitrogens is 4. The van der Waals surface area contributed by atoms with E-state index < -0.39 is 10.8 Å². The zero-order valence-corrected chi connectivity index (χ0v) is 34.1. The highest BCUT2D eigenvalue weighted by Gasteiger charge is 2.59. The van der Waals surface area contributed by atoms with Crippen molar-refractivity contribution in [3.05, 3.63) is 263 Å². The summed E-state index contributed by atoms with van der Waals surface area (Å²) < 4.78 is 2.27. The first-order chi connectivity index (χ1) is 31.3. The van der Waals surface area contributed by atoms with E-state index in [1.54, 1.807) is 0 Å². The van der Waals surface area contributed by atoms with Crippen LogP contribution in [0.1, 0.15) is 44.5 Å². The Kier molecular flexibility index (Phi) is 6.94. The van der Waals surface area contributed by atoms with Crippen LogP contribution in [-0.4, -0.2) is 19.5 Å². The predicted molar refractivity (Wildman–Crippen MR) is 253 cm³/mol. The standard InChI is InChI=1S/C59H36N4/c1-3-19-37(20-4-1)55-60-56(38-21-5-2-6-22-38)62-57(61-55)63-53-34-18-10-26-42(53)44-35-43-41-25-9-13-29-47(41)59(52(43)36-54(44)63)50-32-16-14-30-48(50)58(49-31-15-17-33-51(49)59)45-27-11-7-23-39(45)40-24-8-12-28-46(40)58/h1-36H. The van der Waals surface area contributed by atoms with E-state index in [-0.39, 0.29) is 0 Å². The SMILES string of the molecule is c1ccc(-c2nc(-c3ccccc3)nc(-n3c4ccccc4c4cc5c(cc43)C3(c4ccccc4-5)c4ccccc4C4(c5ccccc5-c5ccccc54)c4ccccc43)n2)cc1. The molecule has 3 aliphatic carbocycles. The molecule has 2 heterocycles. The van der Waals surface area contributed by atoms with Crippen molar-refractivity contribution in [1.29, 1.82) is 0 Å². The lowest BCUT2D eigenvalue weighted by Gasteiger charge is -2.48. The van der Waals surface area contributed by atoms with Crippen molar-refractivity contribution >= 4 is 21.8 Å². The number of fused-ring (bicyclic) bond motifs is 19. The van der Waals surface area contributed by atoms with Crippen LogP contribution in [0.3, 0.4) is 0 Å². The second kappa shape index (κ2) is 12.7. The molecule has 0 fully saturated rings. The van der Waals surface area contributed by atoms with E-state index in [9.17, 15) is 0 Å². The molecule has 0 radical (unpaired) electrons. The van der Waals surface area contributed by atoms with E-state index >= 15 is 0 Å². The third kappa shape index (κ3) is 4.37. The van der Waals surface area contributed by atoms with Gasteiger partial charge in [-0.15, -0.1) is 0 Å². The molecule has 2 spiro atoms. The van der Waals surface area contributed by atoms with Crippen molar-refractivity contribution in [1.82, 2.24) is 19.5 Å². The monoisotopic (exact) mass is 800 g/mol. The Morgan fingerprint density at radius 3 is 1.19 bits per heavy atom. The van der Waals surface area contributed by atoms with Crippen LogP contribution in [0.25, 0.3) is 72.8 Å². The van der Waals surface area contributed by atoms with Crippen LogP contribution in [0.15, 0.2) is 218 Å². The van der Waals surface area contributed by atoms with E-state index in [0.717, 1.165) is 32.9 Å². The molecule has 2 aromatic heterocycles. The Morgan fingerprint density at radius 2 is 0.683 bits per heavy atom. The first-order valence-electron chi connectivity index (χ1n) is 21.7. The first kappa shape index (κ1) is 34.5. The molecular formula is C59H36N4. The summed E-state index contributed by atoms with van der Waals surface area (Å²) in [5.41, 5.74) is 18.4. The van der Waals surface area contributed by atoms with Crippen LogP contribution in [0.2, 0.25) is 0 Å². The lowest BCUT2D eigenvalue weighted by atomic mass is 9.52. The quantitative estimate of drug-likeness (QED) is 0.179. The van der Waals surface area contributed by atoms with Crippen molar-refractivity contribution in [2.45, 2.75) is 10.8 Å². The van der Waals surface area contributed by atoms with Crippen molar-refractivity contribution in [2.24, 2.45) is 0 Å². The van der Waals surface area contributed by atoms with Crippen LogP contribution >= 0.6 is 0 Å². The maximum absolute atomic E-state index is 5.31. The molecular weight excluding hydrogens is 765 g/mol. The predicted octanol–water partition coefficient (Wildman–Crippen LogP) is 13.3. The molecule has 0 N–H and O–H groups in total. The molecule has 3 aliphatic rings. The van der Waals surface area contributed by atoms with Gasteiger partial charge in [0.1, 0.15) is 0 Å². The number of hydrogen-bond donors (Lipinski definition) is 0. The van der Waals surface area contributed by atoms with Crippen LogP contribution in [-0.2, 0) is 10.8 Å². The molecule has 0 saturated heterocycles. The fraction of sp³-hybridized carbons (Fsp3) is 0.0339. The lowest BCUT2D eigenvalue weighted by Crippen LogP contribution is -2.43. The largest absolute Gasteiger partial charge is 0.278 e. The minimum Gasteiger partial charge on any atom is -0.278 e. The van der Waals surface area contributed by atoms with Gasteiger partial charge in [0.05, 0.1) is 21.9 Å². The Hall–Kier alpha value is -8.21. The van der Waals surface area contributed by atoms with Gasteiger partial charge in [0.2, 0.25) is 5.95 Å². The number of hydrogen-bond acceptors (Lipinski definition) is 3. The van der Waals surface area contributed by atoms with E-state index in [1.165, 1.54) is 66.8 Å². The summed E-state index contributed by atoms with van der Waals surface area (Å²) in [5.74, 6) is 1.85. The van der Waals surface area contributed by atoms with Gasteiger partial charge < -0.3 is 0 Å². The zero-order chi connectivity index (χ0) is 41.3. The second-order valence-corrected chi connectivity index (χ2v) is 17.0. The Balaban J connectivity index is 1.12. The summed E-state index contributed by atoms with van der Waals surface area (Å²) >= 11 is 0. The van der Waals surface area contributed by atoms with Crippen molar-refractivity contribution in [2.75, 3.05) is 0 Å². The number of nitrogens with zero attached hydrogens (tertiary/aromatic N) is 4. The summed E-state index contributed by atoms with van der Waals surface area (Å²) in [5, 5.41) is 2.31. The first-order valence-corrected chi connectivity index (χ1v) is 21.7. The maximum atomic E-state index is 5.31. The lowest BCUT2D eigenvalue weighted by molar-refractivity contribution is 0.633. The van der Waals surface area contributed by atoms with Gasteiger partial charge in [-0.05, 0) is 85.0 Å². The van der Waals surface area contributed by atoms with Crippen LogP contribution in [0.4, 0.5) is 0 Å². The highest BCUT2D eigenvalue weighted by atomic mass is 15.2. The van der Waals surface area contributed by atoms with Crippen molar-refractivity contribution in [3.63, 3.8) is 0 Å². The summed E-state index contributed by atoms with van der Waals surface area (Å²) in [6, 6.07) is 79.9. The molecule has 292 valence electrons. The zero-order valence-electron chi connectivity index (χ0n) is 34.1. The molecule has 0 amide bonds. The summed E-state index contributed by atoms with van der Waals surface area (Å²) in [6.07, 6.45) is 0. The topological polar surface area (TPSA) is 43.6 Å². The van der Waals surface area contributed by atoms with Crippen LogP contribution in [0, 0.1) is 0 Å². The highest BCUT2D eigenvalue weighted by Crippen LogP contribution is 2.67. The van der Waals surface area contributed by atoms with Gasteiger partial charge in [-0.25, -0.2) is 4.98 Å². The molecule has 0 unspecified atom stereocenters. The normalized spacial score (nSPS) is 14.3. The van der Waals surface area contributed by atoms with E-state index in [0.29, 0.717) is 17.6 Å². The molecule has 63 heavy (non-hydrogen) atoms. The van der Waals surface area contributed by atoms with Gasteiger partial charge in [0.15, 0.2) is 11.6 Å². The maximum Gasteiger partial charge on any atom is 0.238 e. The van der Waals surface area contributed by atoms with E-state index in [1.807, 2.05) is 36.4 Å². The summed E-state index contributed by atoms with van der Waals surface area (Å²) in [6.45, 7) is 0. The third-order valence-electron chi connectivity index (χ3n) is 14.1. The van der Waals surface area contributed by atoms with Gasteiger partial charge >= 0.3 is 0 Å². The number of benzene rings is 9. The fourth-order valence-corrected chi connectivity index (χ4v) is 11.8. The Bertz CT molecular complexity index is 3540. The Morgan fingerprint density at radius 1 is 0.286 bits per heavy atom. The molecule has 9 aromatic carbocycles. The minimum atomic E-state index is -0.629. The van der Waals surface area contributed by atoms with Gasteiger partial charge in [-0.2, -0.15) is 9.97 Å². The molecule has 4 heteroatoms.